The second-order valence-electron chi connectivity index (χ2n) is 5.13. The van der Waals surface area contributed by atoms with Crippen molar-refractivity contribution in [2.75, 3.05) is 19.1 Å². The number of nitrogens with one attached hydrogen (secondary N) is 2. The Morgan fingerprint density at radius 2 is 2.05 bits per heavy atom. The lowest BCUT2D eigenvalue weighted by molar-refractivity contribution is 0.554. The molecule has 0 aliphatic carbocycles. The lowest BCUT2D eigenvalue weighted by Gasteiger charge is -2.17. The molecule has 2 unspecified atom stereocenters. The second-order valence-corrected chi connectivity index (χ2v) is 7.83. The molecule has 0 heterocycles. The fourth-order valence-electron chi connectivity index (χ4n) is 2.19. The van der Waals surface area contributed by atoms with E-state index in [-0.39, 0.29) is 12.1 Å². The molecular formula is C15H26N2O2S2. The van der Waals surface area contributed by atoms with E-state index in [1.807, 2.05) is 26.3 Å². The molecule has 120 valence electrons. The van der Waals surface area contributed by atoms with E-state index in [0.29, 0.717) is 4.90 Å². The van der Waals surface area contributed by atoms with Crippen molar-refractivity contribution in [1.82, 2.24) is 10.0 Å². The third-order valence-corrected chi connectivity index (χ3v) is 5.67. The SMILES string of the molecule is CCC(NC)c1cccc(S(=O)(=O)NC(C)CCSC)c1. The van der Waals surface area contributed by atoms with E-state index in [2.05, 4.69) is 17.0 Å². The number of rotatable bonds is 9. The van der Waals surface area contributed by atoms with Gasteiger partial charge in [-0.25, -0.2) is 13.1 Å². The molecule has 0 aliphatic rings. The molecule has 1 rings (SSSR count). The maximum atomic E-state index is 12.4. The molecule has 0 spiro atoms. The quantitative estimate of drug-likeness (QED) is 0.731. The van der Waals surface area contributed by atoms with Crippen molar-refractivity contribution >= 4 is 21.8 Å². The van der Waals surface area contributed by atoms with E-state index in [1.54, 1.807) is 30.0 Å². The number of hydrogen-bond acceptors (Lipinski definition) is 4. The van der Waals surface area contributed by atoms with Gasteiger partial charge in [0.05, 0.1) is 4.90 Å². The maximum absolute atomic E-state index is 12.4. The predicted molar refractivity (Wildman–Crippen MR) is 91.3 cm³/mol. The first-order valence-corrected chi connectivity index (χ1v) is 10.1. The van der Waals surface area contributed by atoms with E-state index in [4.69, 9.17) is 0 Å². The zero-order chi connectivity index (χ0) is 15.9. The zero-order valence-corrected chi connectivity index (χ0v) is 14.9. The molecule has 0 saturated heterocycles. The molecule has 4 nitrogen and oxygen atoms in total. The molecule has 0 aromatic heterocycles. The first kappa shape index (κ1) is 18.5. The van der Waals surface area contributed by atoms with Gasteiger partial charge in [-0.1, -0.05) is 19.1 Å². The summed E-state index contributed by atoms with van der Waals surface area (Å²) in [5, 5.41) is 3.20. The molecule has 0 radical (unpaired) electrons. The first-order chi connectivity index (χ1) is 9.94. The highest BCUT2D eigenvalue weighted by Crippen LogP contribution is 2.20. The van der Waals surface area contributed by atoms with Gasteiger partial charge in [-0.15, -0.1) is 0 Å². The molecule has 2 N–H and O–H groups in total. The third-order valence-electron chi connectivity index (χ3n) is 3.44. The minimum Gasteiger partial charge on any atom is -0.313 e. The average molecular weight is 331 g/mol. The summed E-state index contributed by atoms with van der Waals surface area (Å²) in [6.07, 6.45) is 3.76. The van der Waals surface area contributed by atoms with Crippen LogP contribution in [0.5, 0.6) is 0 Å². The number of benzene rings is 1. The highest BCUT2D eigenvalue weighted by atomic mass is 32.2. The van der Waals surface area contributed by atoms with Crippen molar-refractivity contribution in [1.29, 1.82) is 0 Å². The van der Waals surface area contributed by atoms with Gasteiger partial charge < -0.3 is 5.32 Å². The molecular weight excluding hydrogens is 304 g/mol. The molecule has 2 atom stereocenters. The van der Waals surface area contributed by atoms with Crippen LogP contribution in [0.4, 0.5) is 0 Å². The fraction of sp³-hybridized carbons (Fsp3) is 0.600. The Balaban J connectivity index is 2.90. The standard InChI is InChI=1S/C15H26N2O2S2/c1-5-15(16-3)13-7-6-8-14(11-13)21(18,19)17-12(2)9-10-20-4/h6-8,11-12,15-17H,5,9-10H2,1-4H3. The maximum Gasteiger partial charge on any atom is 0.240 e. The van der Waals surface area contributed by atoms with E-state index in [9.17, 15) is 8.42 Å². The van der Waals surface area contributed by atoms with Crippen LogP contribution in [0.25, 0.3) is 0 Å². The Bertz CT molecular complexity index is 528. The Labute approximate surface area is 133 Å². The minimum absolute atomic E-state index is 0.0580. The van der Waals surface area contributed by atoms with Gasteiger partial charge in [-0.05, 0) is 56.5 Å². The zero-order valence-electron chi connectivity index (χ0n) is 13.2. The van der Waals surface area contributed by atoms with Crippen molar-refractivity contribution in [3.05, 3.63) is 29.8 Å². The van der Waals surface area contributed by atoms with Gasteiger partial charge in [0.1, 0.15) is 0 Å². The van der Waals surface area contributed by atoms with Crippen molar-refractivity contribution in [3.63, 3.8) is 0 Å². The Kier molecular flexibility index (Phi) is 7.73. The summed E-state index contributed by atoms with van der Waals surface area (Å²) < 4.78 is 27.6. The molecule has 21 heavy (non-hydrogen) atoms. The molecule has 1 aromatic rings. The van der Waals surface area contributed by atoms with Crippen molar-refractivity contribution in [3.8, 4) is 0 Å². The van der Waals surface area contributed by atoms with Gasteiger partial charge in [0, 0.05) is 12.1 Å². The largest absolute Gasteiger partial charge is 0.313 e. The van der Waals surface area contributed by atoms with Crippen LogP contribution < -0.4 is 10.0 Å². The lowest BCUT2D eigenvalue weighted by atomic mass is 10.1. The molecule has 0 amide bonds. The van der Waals surface area contributed by atoms with E-state index in [1.165, 1.54) is 0 Å². The average Bonchev–Trinajstić information content (AvgIpc) is 2.46. The number of sulfonamides is 1. The van der Waals surface area contributed by atoms with E-state index < -0.39 is 10.0 Å². The molecule has 0 saturated carbocycles. The smallest absolute Gasteiger partial charge is 0.240 e. The monoisotopic (exact) mass is 330 g/mol. The third kappa shape index (κ3) is 5.62. The Morgan fingerprint density at radius 3 is 2.62 bits per heavy atom. The fourth-order valence-corrected chi connectivity index (χ4v) is 4.11. The molecule has 1 aromatic carbocycles. The minimum atomic E-state index is -3.45. The lowest BCUT2D eigenvalue weighted by Crippen LogP contribution is -2.33. The van der Waals surface area contributed by atoms with Crippen LogP contribution >= 0.6 is 11.8 Å². The first-order valence-electron chi connectivity index (χ1n) is 7.23. The summed E-state index contributed by atoms with van der Waals surface area (Å²) >= 11 is 1.72. The molecule has 6 heteroatoms. The van der Waals surface area contributed by atoms with Crippen LogP contribution in [-0.2, 0) is 10.0 Å². The summed E-state index contributed by atoms with van der Waals surface area (Å²) in [4.78, 5) is 0.338. The van der Waals surface area contributed by atoms with Gasteiger partial charge in [0.15, 0.2) is 0 Å². The van der Waals surface area contributed by atoms with Gasteiger partial charge >= 0.3 is 0 Å². The summed E-state index contributed by atoms with van der Waals surface area (Å²) in [6.45, 7) is 3.98. The molecule has 0 fully saturated rings. The van der Waals surface area contributed by atoms with Crippen molar-refractivity contribution in [2.24, 2.45) is 0 Å². The van der Waals surface area contributed by atoms with Crippen LogP contribution in [-0.4, -0.2) is 33.5 Å². The van der Waals surface area contributed by atoms with E-state index in [0.717, 1.165) is 24.2 Å². The highest BCUT2D eigenvalue weighted by Gasteiger charge is 2.18. The van der Waals surface area contributed by atoms with Crippen LogP contribution in [0.1, 0.15) is 38.3 Å². The van der Waals surface area contributed by atoms with Crippen molar-refractivity contribution in [2.45, 2.75) is 43.7 Å². The van der Waals surface area contributed by atoms with Crippen LogP contribution in [0.15, 0.2) is 29.2 Å². The highest BCUT2D eigenvalue weighted by molar-refractivity contribution is 7.98. The van der Waals surface area contributed by atoms with Crippen LogP contribution in [0.2, 0.25) is 0 Å². The summed E-state index contributed by atoms with van der Waals surface area (Å²) in [6, 6.07) is 7.28. The second kappa shape index (κ2) is 8.78. The topological polar surface area (TPSA) is 58.2 Å². The van der Waals surface area contributed by atoms with E-state index >= 15 is 0 Å². The van der Waals surface area contributed by atoms with Gasteiger partial charge in [0.25, 0.3) is 0 Å². The predicted octanol–water partition coefficient (Wildman–Crippen LogP) is 2.78. The van der Waals surface area contributed by atoms with Gasteiger partial charge in [-0.2, -0.15) is 11.8 Å². The Hall–Kier alpha value is -0.560. The van der Waals surface area contributed by atoms with Crippen LogP contribution in [0.3, 0.4) is 0 Å². The molecule has 0 aliphatic heterocycles. The summed E-state index contributed by atoms with van der Waals surface area (Å²) in [7, 11) is -1.56. The Morgan fingerprint density at radius 1 is 1.33 bits per heavy atom. The van der Waals surface area contributed by atoms with Gasteiger partial charge in [0.2, 0.25) is 10.0 Å². The van der Waals surface area contributed by atoms with Gasteiger partial charge in [-0.3, -0.25) is 0 Å². The normalized spacial score (nSPS) is 14.9. The van der Waals surface area contributed by atoms with Crippen molar-refractivity contribution < 1.29 is 8.42 Å². The molecule has 0 bridgehead atoms. The number of thioether (sulfide) groups is 1. The number of hydrogen-bond donors (Lipinski definition) is 2. The summed E-state index contributed by atoms with van der Waals surface area (Å²) in [5.41, 5.74) is 1.000. The summed E-state index contributed by atoms with van der Waals surface area (Å²) in [5.74, 6) is 0.946. The van der Waals surface area contributed by atoms with Crippen LogP contribution in [0, 0.1) is 0 Å².